The predicted octanol–water partition coefficient (Wildman–Crippen LogP) is 4.10. The normalized spacial score (nSPS) is 32.8. The SMILES string of the molecule is CSC(CC(=O)O)C(=O)NCCC(=O)N[C@@H](C)C(=O)N[C@@H](C)C(=O)Nc1cccc(Cc2ccc([C@@H]3O[C@@H]4C[C@H]5[C@@H]6C[C@H](F)C7=CC(=O)C=C[C@]7(C)[C@@]6(F)[C@@H](O)C[C@]5(C)[C@]4(C(=O)O)O3)cc2)c1. The van der Waals surface area contributed by atoms with Gasteiger partial charge in [0.15, 0.2) is 23.3 Å². The number of hydrogen-bond acceptors (Lipinski definition) is 11. The number of benzene rings is 2. The van der Waals surface area contributed by atoms with Crippen molar-refractivity contribution >= 4 is 58.8 Å². The largest absolute Gasteiger partial charge is 0.481 e. The van der Waals surface area contributed by atoms with Gasteiger partial charge in [-0.15, -0.1) is 0 Å². The van der Waals surface area contributed by atoms with Crippen LogP contribution >= 0.6 is 11.8 Å². The van der Waals surface area contributed by atoms with Gasteiger partial charge in [-0.1, -0.05) is 49.4 Å². The number of ether oxygens (including phenoxy) is 2. The number of anilines is 1. The molecule has 5 aliphatic rings. The molecule has 7 N–H and O–H groups in total. The van der Waals surface area contributed by atoms with E-state index in [0.29, 0.717) is 17.7 Å². The Morgan fingerprint density at radius 2 is 1.63 bits per heavy atom. The van der Waals surface area contributed by atoms with E-state index in [2.05, 4.69) is 21.3 Å². The van der Waals surface area contributed by atoms with Crippen LogP contribution in [0.4, 0.5) is 14.5 Å². The molecule has 4 amide bonds. The van der Waals surface area contributed by atoms with Gasteiger partial charge >= 0.3 is 11.9 Å². The van der Waals surface area contributed by atoms with E-state index in [0.717, 1.165) is 29.0 Å². The number of fused-ring (bicyclic) bond motifs is 7. The molecule has 4 aliphatic carbocycles. The minimum atomic E-state index is -2.38. The average Bonchev–Trinajstić information content (AvgIpc) is 3.78. The summed E-state index contributed by atoms with van der Waals surface area (Å²) in [6.45, 7) is 6.01. The van der Waals surface area contributed by atoms with Gasteiger partial charge in [0.25, 0.3) is 0 Å². The molecule has 19 heteroatoms. The third-order valence-electron chi connectivity index (χ3n) is 14.7. The van der Waals surface area contributed by atoms with Crippen LogP contribution in [0.5, 0.6) is 0 Å². The van der Waals surface area contributed by atoms with Gasteiger partial charge in [0.1, 0.15) is 24.4 Å². The second kappa shape index (κ2) is 18.9. The number of aliphatic hydroxyl groups is 1. The highest BCUT2D eigenvalue weighted by Crippen LogP contribution is 2.72. The van der Waals surface area contributed by atoms with Crippen LogP contribution in [0.2, 0.25) is 0 Å². The first kappa shape index (κ1) is 49.4. The fourth-order valence-electron chi connectivity index (χ4n) is 11.1. The maximum Gasteiger partial charge on any atom is 0.339 e. The number of hydrogen-bond donors (Lipinski definition) is 7. The average molecular weight is 951 g/mol. The molecule has 1 heterocycles. The molecule has 0 radical (unpaired) electrons. The maximum atomic E-state index is 17.7. The molecule has 0 aromatic heterocycles. The predicted molar refractivity (Wildman–Crippen MR) is 240 cm³/mol. The number of thioether (sulfide) groups is 1. The molecule has 16 nitrogen and oxygen atoms in total. The van der Waals surface area contributed by atoms with Crippen molar-refractivity contribution in [2.24, 2.45) is 22.7 Å². The lowest BCUT2D eigenvalue weighted by atomic mass is 9.44. The van der Waals surface area contributed by atoms with Gasteiger partial charge in [0.2, 0.25) is 23.6 Å². The smallest absolute Gasteiger partial charge is 0.339 e. The lowest BCUT2D eigenvalue weighted by molar-refractivity contribution is -0.240. The molecule has 7 rings (SSSR count). The van der Waals surface area contributed by atoms with E-state index in [4.69, 9.17) is 14.6 Å². The van der Waals surface area contributed by atoms with Crippen molar-refractivity contribution in [3.63, 3.8) is 0 Å². The van der Waals surface area contributed by atoms with Crippen LogP contribution in [0, 0.1) is 22.7 Å². The fraction of sp³-hybridized carbons (Fsp3) is 0.521. The van der Waals surface area contributed by atoms with E-state index >= 15 is 8.78 Å². The number of aliphatic carboxylic acids is 2. The van der Waals surface area contributed by atoms with Crippen LogP contribution in [0.25, 0.3) is 0 Å². The zero-order valence-electron chi connectivity index (χ0n) is 37.7. The number of carbonyl (C=O) groups is 7. The third kappa shape index (κ3) is 8.90. The van der Waals surface area contributed by atoms with E-state index in [-0.39, 0.29) is 44.2 Å². The molecule has 1 unspecified atom stereocenters. The Morgan fingerprint density at radius 3 is 2.30 bits per heavy atom. The number of ketones is 1. The van der Waals surface area contributed by atoms with Crippen LogP contribution in [0.1, 0.15) is 82.8 Å². The number of nitrogens with one attached hydrogen (secondary N) is 4. The van der Waals surface area contributed by atoms with Crippen LogP contribution in [0.15, 0.2) is 72.3 Å². The van der Waals surface area contributed by atoms with E-state index in [1.54, 1.807) is 43.5 Å². The van der Waals surface area contributed by atoms with Gasteiger partial charge in [-0.3, -0.25) is 28.8 Å². The van der Waals surface area contributed by atoms with Crippen molar-refractivity contribution < 1.29 is 67.1 Å². The first-order chi connectivity index (χ1) is 31.6. The lowest BCUT2D eigenvalue weighted by Gasteiger charge is -2.62. The number of alkyl halides is 2. The van der Waals surface area contributed by atoms with Crippen molar-refractivity contribution in [2.45, 2.75) is 119 Å². The summed E-state index contributed by atoms with van der Waals surface area (Å²) in [5, 5.41) is 41.1. The molecule has 67 heavy (non-hydrogen) atoms. The van der Waals surface area contributed by atoms with Gasteiger partial charge < -0.3 is 46.1 Å². The summed E-state index contributed by atoms with van der Waals surface area (Å²) in [6.07, 6.45) is -0.902. The highest BCUT2D eigenvalue weighted by molar-refractivity contribution is 7.99. The molecule has 360 valence electrons. The van der Waals surface area contributed by atoms with Gasteiger partial charge in [0.05, 0.1) is 17.8 Å². The van der Waals surface area contributed by atoms with Gasteiger partial charge in [-0.25, -0.2) is 13.6 Å². The summed E-state index contributed by atoms with van der Waals surface area (Å²) >= 11 is 1.08. The first-order valence-corrected chi connectivity index (χ1v) is 23.5. The lowest BCUT2D eigenvalue weighted by Crippen LogP contribution is -2.70. The standard InChI is InChI=1S/C48H56F2N4O12S/c1-24(52-38(57)14-16-51-42(62)35(67-5)22-39(58)59)40(60)53-25(2)41(61)54-29-8-6-7-27(18-29)17-26-9-11-28(12-10-26)43-65-37-21-31-32-20-34(49)33-19-30(55)13-15-45(33,3)47(32,50)36(56)23-46(31,4)48(37,66-43)44(63)64/h6-13,15,18-19,24-25,31-32,34-37,43,56H,14,16-17,20-23H2,1-5H3,(H,51,62)(H,52,57)(H,53,60)(H,54,61)(H,58,59)(H,63,64)/t24-,25-,31-,32-,34-,35?,36-,37+,43+,45-,46-,47-,48-/m0/s1. The van der Waals surface area contributed by atoms with Gasteiger partial charge in [-0.05, 0) is 99.6 Å². The number of carbonyl (C=O) groups excluding carboxylic acids is 5. The third-order valence-corrected chi connectivity index (χ3v) is 15.6. The second-order valence-corrected chi connectivity index (χ2v) is 19.7. The number of rotatable bonds is 16. The Morgan fingerprint density at radius 1 is 0.925 bits per heavy atom. The van der Waals surface area contributed by atoms with Crippen molar-refractivity contribution in [2.75, 3.05) is 18.1 Å². The molecule has 13 atom stereocenters. The number of carboxylic acids is 2. The summed E-state index contributed by atoms with van der Waals surface area (Å²) in [5.41, 5.74) is -4.65. The summed E-state index contributed by atoms with van der Waals surface area (Å²) in [5.74, 6) is -6.90. The van der Waals surface area contributed by atoms with Gasteiger partial charge in [0, 0.05) is 41.0 Å². The topological polar surface area (TPSA) is 247 Å². The van der Waals surface area contributed by atoms with E-state index < -0.39 is 117 Å². The molecular formula is C48H56F2N4O12S. The highest BCUT2D eigenvalue weighted by atomic mass is 32.2. The van der Waals surface area contributed by atoms with E-state index in [9.17, 15) is 43.8 Å². The molecule has 4 fully saturated rings. The summed E-state index contributed by atoms with van der Waals surface area (Å²) in [4.78, 5) is 87.0. The van der Waals surface area contributed by atoms with Crippen LogP contribution < -0.4 is 21.3 Å². The summed E-state index contributed by atoms with van der Waals surface area (Å²) < 4.78 is 46.3. The monoisotopic (exact) mass is 950 g/mol. The minimum absolute atomic E-state index is 0.0181. The zero-order chi connectivity index (χ0) is 48.8. The maximum absolute atomic E-state index is 17.7. The molecule has 0 bridgehead atoms. The summed E-state index contributed by atoms with van der Waals surface area (Å²) in [7, 11) is 0. The molecule has 2 aromatic rings. The van der Waals surface area contributed by atoms with Crippen LogP contribution in [-0.4, -0.2) is 116 Å². The number of allylic oxidation sites excluding steroid dienone is 4. The Labute approximate surface area is 390 Å². The van der Waals surface area contributed by atoms with Gasteiger partial charge in [-0.2, -0.15) is 11.8 Å². The van der Waals surface area contributed by atoms with Crippen molar-refractivity contribution in [1.29, 1.82) is 0 Å². The molecule has 2 aromatic carbocycles. The quantitative estimate of drug-likeness (QED) is 0.126. The van der Waals surface area contributed by atoms with E-state index in [1.807, 2.05) is 18.2 Å². The first-order valence-electron chi connectivity index (χ1n) is 22.2. The van der Waals surface area contributed by atoms with E-state index in [1.165, 1.54) is 32.9 Å². The Hall–Kier alpha value is -5.50. The molecule has 0 spiro atoms. The van der Waals surface area contributed by atoms with Crippen LogP contribution in [-0.2, 0) is 49.5 Å². The van der Waals surface area contributed by atoms with Crippen molar-refractivity contribution in [3.05, 3.63) is 89.0 Å². The zero-order valence-corrected chi connectivity index (χ0v) is 38.5. The number of halogens is 2. The number of aliphatic hydroxyl groups excluding tert-OH is 1. The van der Waals surface area contributed by atoms with Crippen LogP contribution in [0.3, 0.4) is 0 Å². The Kier molecular flexibility index (Phi) is 13.9. The highest BCUT2D eigenvalue weighted by Gasteiger charge is 2.80. The number of carboxylic acid groups (broad SMARTS) is 2. The summed E-state index contributed by atoms with van der Waals surface area (Å²) in [6, 6.07) is 12.2. The molecule has 1 aliphatic heterocycles. The fourth-order valence-corrected chi connectivity index (χ4v) is 11.7. The Bertz CT molecular complexity index is 2400. The minimum Gasteiger partial charge on any atom is -0.481 e. The Balaban J connectivity index is 0.929. The second-order valence-electron chi connectivity index (χ2n) is 18.7. The van der Waals surface area contributed by atoms with Crippen molar-refractivity contribution in [3.8, 4) is 0 Å². The molecule has 1 saturated heterocycles. The molecule has 3 saturated carbocycles. The molecular weight excluding hydrogens is 895 g/mol. The number of amides is 4. The van der Waals surface area contributed by atoms with Crippen molar-refractivity contribution in [1.82, 2.24) is 16.0 Å².